The monoisotopic (exact) mass is 1090 g/mol. The van der Waals surface area contributed by atoms with Gasteiger partial charge in [-0.05, 0) is 189 Å². The summed E-state index contributed by atoms with van der Waals surface area (Å²) in [5.74, 6) is -0.395. The Morgan fingerprint density at radius 2 is 0.726 bits per heavy atom. The maximum absolute atomic E-state index is 14.3. The largest absolute Gasteiger partial charge is 0.416 e. The van der Waals surface area contributed by atoms with E-state index in [4.69, 9.17) is 0 Å². The molecule has 0 radical (unpaired) electrons. The van der Waals surface area contributed by atoms with Crippen LogP contribution in [0, 0.1) is 0 Å². The van der Waals surface area contributed by atoms with E-state index in [1.807, 2.05) is 42.5 Å². The zero-order valence-electron chi connectivity index (χ0n) is 44.7. The van der Waals surface area contributed by atoms with Gasteiger partial charge in [-0.3, -0.25) is 0 Å². The lowest BCUT2D eigenvalue weighted by Gasteiger charge is -2.30. The molecule has 0 N–H and O–H groups in total. The molecule has 4 aliphatic rings. The molecule has 0 amide bonds. The van der Waals surface area contributed by atoms with Gasteiger partial charge < -0.3 is 0 Å². The first-order valence-electron chi connectivity index (χ1n) is 28.3. The van der Waals surface area contributed by atoms with Crippen LogP contribution in [0.4, 0.5) is 26.3 Å². The van der Waals surface area contributed by atoms with Crippen molar-refractivity contribution in [3.63, 3.8) is 0 Å². The molecule has 6 heteroatoms. The maximum Gasteiger partial charge on any atom is 0.416 e. The van der Waals surface area contributed by atoms with Crippen LogP contribution in [0.1, 0.15) is 45.2 Å². The van der Waals surface area contributed by atoms with E-state index in [1.165, 1.54) is 72.6 Å². The molecular formula is C78H44F6. The number of benzene rings is 13. The summed E-state index contributed by atoms with van der Waals surface area (Å²) >= 11 is 0. The zero-order chi connectivity index (χ0) is 56.3. The minimum Gasteiger partial charge on any atom is -0.166 e. The van der Waals surface area contributed by atoms with Crippen LogP contribution in [0.2, 0.25) is 0 Å². The summed E-state index contributed by atoms with van der Waals surface area (Å²) < 4.78 is 85.0. The minimum absolute atomic E-state index is 0.178. The molecule has 0 fully saturated rings. The first kappa shape index (κ1) is 48.6. The van der Waals surface area contributed by atoms with Gasteiger partial charge in [-0.1, -0.05) is 231 Å². The SMILES string of the molecule is FC(F)(F)c1ccc(-c2ccccc2-c2c3c(c(-c4ccc(C(F)(F)F)cc4)c4ccccc24)C2=CC=c4c5c(c6ccc7c8c(ccc4c68)-c4c-7c(-c6ccccc6)c6ccccc6c4-c4ccccc4-c4ccccc4)C=CC3C25)cc1. The second kappa shape index (κ2) is 17.7. The van der Waals surface area contributed by atoms with Crippen LogP contribution >= 0.6 is 0 Å². The molecule has 2 unspecified atom stereocenters. The summed E-state index contributed by atoms with van der Waals surface area (Å²) in [7, 11) is 0. The Labute approximate surface area is 479 Å². The Morgan fingerprint density at radius 1 is 0.286 bits per heavy atom. The Hall–Kier alpha value is -10.0. The highest BCUT2D eigenvalue weighted by atomic mass is 19.4. The van der Waals surface area contributed by atoms with E-state index in [9.17, 15) is 26.3 Å². The van der Waals surface area contributed by atoms with Crippen LogP contribution in [0.5, 0.6) is 0 Å². The van der Waals surface area contributed by atoms with Crippen molar-refractivity contribution in [2.45, 2.75) is 24.2 Å². The van der Waals surface area contributed by atoms with Crippen LogP contribution < -0.4 is 5.22 Å². The van der Waals surface area contributed by atoms with Gasteiger partial charge in [-0.2, -0.15) is 26.3 Å². The van der Waals surface area contributed by atoms with E-state index in [0.717, 1.165) is 106 Å². The van der Waals surface area contributed by atoms with Gasteiger partial charge in [-0.15, -0.1) is 0 Å². The summed E-state index contributed by atoms with van der Waals surface area (Å²) in [6.45, 7) is 0. The third-order valence-corrected chi connectivity index (χ3v) is 18.4. The Bertz CT molecular complexity index is 5120. The molecule has 0 aromatic heterocycles. The average Bonchev–Trinajstić information content (AvgIpc) is 1.53. The van der Waals surface area contributed by atoms with E-state index >= 15 is 0 Å². The standard InChI is InChI=1S/C78H44F6/c79-77(80,81)47-31-27-44(28-32-47)50-20-8-10-22-52(50)70-56-26-14-12-24-54(56)66(46-29-33-48(34-30-46)78(82,83)84)74-62-40-36-58-59-37-41-63-71-61(39-35-57(67(59)71)60-38-42-64(76(70)74)72(62)68(58)60)73-65(45-17-5-2-6-18-45)53-23-11-13-25-55(53)69(75(63)73)51-21-9-7-19-49(51)43-15-3-1-4-16-43/h1-42,64,72H. The number of fused-ring (bicyclic) bond motifs is 10. The van der Waals surface area contributed by atoms with Gasteiger partial charge in [-0.25, -0.2) is 0 Å². The number of hydrogen-bond donors (Lipinski definition) is 0. The lowest BCUT2D eigenvalue weighted by Crippen LogP contribution is -2.23. The fourth-order valence-corrected chi connectivity index (χ4v) is 15.1. The Kier molecular flexibility index (Phi) is 10.3. The molecule has 13 aromatic carbocycles. The molecule has 0 saturated heterocycles. The summed E-state index contributed by atoms with van der Waals surface area (Å²) in [6, 6.07) is 75.3. The normalized spacial score (nSPS) is 15.4. The van der Waals surface area contributed by atoms with Crippen molar-refractivity contribution in [1.29, 1.82) is 0 Å². The smallest absolute Gasteiger partial charge is 0.166 e. The fraction of sp³-hybridized carbons (Fsp3) is 0.0513. The number of allylic oxidation sites excluding steroid dienone is 3. The highest BCUT2D eigenvalue weighted by Gasteiger charge is 2.46. The van der Waals surface area contributed by atoms with Crippen LogP contribution in [-0.4, -0.2) is 0 Å². The van der Waals surface area contributed by atoms with Gasteiger partial charge in [0, 0.05) is 11.8 Å². The van der Waals surface area contributed by atoms with Gasteiger partial charge in [0.25, 0.3) is 0 Å². The molecule has 0 heterocycles. The number of hydrogen-bond acceptors (Lipinski definition) is 0. The highest BCUT2D eigenvalue weighted by molar-refractivity contribution is 6.33. The van der Waals surface area contributed by atoms with E-state index in [2.05, 4.69) is 164 Å². The topological polar surface area (TPSA) is 0 Å². The van der Waals surface area contributed by atoms with E-state index < -0.39 is 23.5 Å². The predicted octanol–water partition coefficient (Wildman–Crippen LogP) is 21.8. The molecule has 0 aliphatic heterocycles. The molecule has 13 aromatic rings. The third kappa shape index (κ3) is 6.85. The average molecular weight is 1100 g/mol. The number of rotatable bonds is 6. The molecule has 398 valence electrons. The summed E-state index contributed by atoms with van der Waals surface area (Å²) in [5.41, 5.74) is 20.5. The maximum atomic E-state index is 14.3. The molecule has 0 spiro atoms. The second-order valence-corrected chi connectivity index (χ2v) is 22.6. The molecule has 84 heavy (non-hydrogen) atoms. The molecule has 0 saturated carbocycles. The van der Waals surface area contributed by atoms with Gasteiger partial charge in [0.15, 0.2) is 0 Å². The highest BCUT2D eigenvalue weighted by Crippen LogP contribution is 2.65. The van der Waals surface area contributed by atoms with Crippen LogP contribution in [-0.2, 0) is 12.4 Å². The number of halogens is 6. The molecule has 0 bridgehead atoms. The lowest BCUT2D eigenvalue weighted by atomic mass is 9.72. The van der Waals surface area contributed by atoms with Crippen molar-refractivity contribution in [2.75, 3.05) is 0 Å². The van der Waals surface area contributed by atoms with Gasteiger partial charge in [0.1, 0.15) is 0 Å². The van der Waals surface area contributed by atoms with Gasteiger partial charge in [0.05, 0.1) is 11.1 Å². The number of alkyl halides is 6. The lowest BCUT2D eigenvalue weighted by molar-refractivity contribution is -0.138. The Morgan fingerprint density at radius 3 is 1.31 bits per heavy atom. The van der Waals surface area contributed by atoms with Gasteiger partial charge in [0.2, 0.25) is 0 Å². The van der Waals surface area contributed by atoms with Crippen LogP contribution in [0.3, 0.4) is 0 Å². The minimum atomic E-state index is -4.53. The van der Waals surface area contributed by atoms with E-state index in [1.54, 1.807) is 24.3 Å². The molecule has 17 rings (SSSR count). The summed E-state index contributed by atoms with van der Waals surface area (Å²) in [4.78, 5) is 0. The van der Waals surface area contributed by atoms with Crippen molar-refractivity contribution in [1.82, 2.24) is 0 Å². The predicted molar refractivity (Wildman–Crippen MR) is 332 cm³/mol. The van der Waals surface area contributed by atoms with Crippen LogP contribution in [0.15, 0.2) is 243 Å². The van der Waals surface area contributed by atoms with Crippen molar-refractivity contribution in [3.8, 4) is 89.0 Å². The van der Waals surface area contributed by atoms with Crippen molar-refractivity contribution in [2.24, 2.45) is 0 Å². The van der Waals surface area contributed by atoms with Crippen molar-refractivity contribution < 1.29 is 26.3 Å². The molecule has 0 nitrogen and oxygen atoms in total. The Balaban J connectivity index is 0.944. The van der Waals surface area contributed by atoms with Gasteiger partial charge >= 0.3 is 12.4 Å². The summed E-state index contributed by atoms with van der Waals surface area (Å²) in [5, 5.41) is 9.99. The first-order chi connectivity index (χ1) is 41.0. The molecule has 4 aliphatic carbocycles. The fourth-order valence-electron chi connectivity index (χ4n) is 15.1. The zero-order valence-corrected chi connectivity index (χ0v) is 44.7. The third-order valence-electron chi connectivity index (χ3n) is 18.4. The molecular weight excluding hydrogens is 1050 g/mol. The van der Waals surface area contributed by atoms with E-state index in [-0.39, 0.29) is 11.8 Å². The first-order valence-corrected chi connectivity index (χ1v) is 28.3. The van der Waals surface area contributed by atoms with Crippen molar-refractivity contribution >= 4 is 60.8 Å². The van der Waals surface area contributed by atoms with E-state index in [0.29, 0.717) is 11.1 Å². The van der Waals surface area contributed by atoms with Crippen LogP contribution in [0.25, 0.3) is 150 Å². The molecule has 2 atom stereocenters. The summed E-state index contributed by atoms with van der Waals surface area (Å²) in [6.07, 6.45) is 0.147. The quantitative estimate of drug-likeness (QED) is 0.146. The second-order valence-electron chi connectivity index (χ2n) is 22.6. The van der Waals surface area contributed by atoms with Crippen molar-refractivity contribution in [3.05, 3.63) is 281 Å².